The third-order valence-electron chi connectivity index (χ3n) is 3.91. The summed E-state index contributed by atoms with van der Waals surface area (Å²) in [6.45, 7) is 2.95. The van der Waals surface area contributed by atoms with Crippen LogP contribution in [0.15, 0.2) is 41.3 Å². The summed E-state index contributed by atoms with van der Waals surface area (Å²) in [4.78, 5) is 28.8. The van der Waals surface area contributed by atoms with Crippen LogP contribution in [0.1, 0.15) is 19.4 Å². The lowest BCUT2D eigenvalue weighted by atomic mass is 10.2. The Morgan fingerprint density at radius 2 is 2.04 bits per heavy atom. The van der Waals surface area contributed by atoms with Crippen LogP contribution in [0, 0.1) is 17.6 Å². The Hall–Kier alpha value is -3.00. The van der Waals surface area contributed by atoms with E-state index in [1.807, 2.05) is 0 Å². The zero-order chi connectivity index (χ0) is 20.4. The summed E-state index contributed by atoms with van der Waals surface area (Å²) in [7, 11) is 0. The fraction of sp³-hybridized carbons (Fsp3) is 0.211. The zero-order valence-corrected chi connectivity index (χ0v) is 15.8. The molecule has 3 aromatic rings. The van der Waals surface area contributed by atoms with Gasteiger partial charge in [0.25, 0.3) is 5.56 Å². The van der Waals surface area contributed by atoms with Crippen molar-refractivity contribution in [2.45, 2.75) is 20.5 Å². The SMILES string of the molecule is CC(C)C(=O)OCc1c(Nc2ccc(F)c(Cl)c2)nc2c(F)cccn2c1=O. The van der Waals surface area contributed by atoms with Gasteiger partial charge in [0.15, 0.2) is 11.5 Å². The second-order valence-corrected chi connectivity index (χ2v) is 6.72. The van der Waals surface area contributed by atoms with E-state index in [-0.39, 0.29) is 34.6 Å². The van der Waals surface area contributed by atoms with E-state index >= 15 is 0 Å². The molecule has 0 saturated heterocycles. The van der Waals surface area contributed by atoms with Crippen LogP contribution in [0.25, 0.3) is 5.65 Å². The number of carbonyl (C=O) groups is 1. The first-order valence-corrected chi connectivity index (χ1v) is 8.74. The standard InChI is InChI=1S/C19H16ClF2N3O3/c1-10(2)19(27)28-9-12-16(23-11-5-6-14(21)13(20)8-11)24-17-15(22)4-3-7-25(17)18(12)26/h3-8,10,23H,9H2,1-2H3. The number of esters is 1. The van der Waals surface area contributed by atoms with Gasteiger partial charge in [-0.2, -0.15) is 0 Å². The third kappa shape index (κ3) is 3.96. The maximum absolute atomic E-state index is 14.1. The van der Waals surface area contributed by atoms with Gasteiger partial charge in [0.1, 0.15) is 18.2 Å². The number of nitrogens with one attached hydrogen (secondary N) is 1. The summed E-state index contributed by atoms with van der Waals surface area (Å²) in [5.41, 5.74) is -0.466. The molecule has 0 fully saturated rings. The molecule has 0 aliphatic rings. The first kappa shape index (κ1) is 19.8. The van der Waals surface area contributed by atoms with Gasteiger partial charge in [0, 0.05) is 11.9 Å². The minimum atomic E-state index is -0.703. The lowest BCUT2D eigenvalue weighted by Crippen LogP contribution is -2.24. The van der Waals surface area contributed by atoms with Crippen LogP contribution >= 0.6 is 11.6 Å². The number of nitrogens with zero attached hydrogens (tertiary/aromatic N) is 2. The lowest BCUT2D eigenvalue weighted by molar-refractivity contribution is -0.148. The third-order valence-corrected chi connectivity index (χ3v) is 4.20. The monoisotopic (exact) mass is 407 g/mol. The fourth-order valence-corrected chi connectivity index (χ4v) is 2.60. The van der Waals surface area contributed by atoms with Crippen molar-refractivity contribution in [2.75, 3.05) is 5.32 Å². The molecule has 2 heterocycles. The highest BCUT2D eigenvalue weighted by Gasteiger charge is 2.18. The minimum Gasteiger partial charge on any atom is -0.460 e. The Bertz CT molecular complexity index is 1120. The van der Waals surface area contributed by atoms with Crippen molar-refractivity contribution in [2.24, 2.45) is 5.92 Å². The number of rotatable bonds is 5. The molecular formula is C19H16ClF2N3O3. The van der Waals surface area contributed by atoms with Crippen molar-refractivity contribution >= 4 is 34.7 Å². The van der Waals surface area contributed by atoms with Crippen molar-refractivity contribution in [3.63, 3.8) is 0 Å². The topological polar surface area (TPSA) is 72.7 Å². The molecule has 28 heavy (non-hydrogen) atoms. The smallest absolute Gasteiger partial charge is 0.308 e. The van der Waals surface area contributed by atoms with Gasteiger partial charge in [-0.3, -0.25) is 14.0 Å². The van der Waals surface area contributed by atoms with Crippen molar-refractivity contribution in [1.82, 2.24) is 9.38 Å². The predicted octanol–water partition coefficient (Wildman–Crippen LogP) is 4.07. The molecule has 0 aliphatic carbocycles. The first-order chi connectivity index (χ1) is 13.3. The Labute approximate surface area is 163 Å². The van der Waals surface area contributed by atoms with Gasteiger partial charge < -0.3 is 10.1 Å². The second-order valence-electron chi connectivity index (χ2n) is 6.31. The zero-order valence-electron chi connectivity index (χ0n) is 15.0. The minimum absolute atomic E-state index is 0.0116. The Kier molecular flexibility index (Phi) is 5.60. The average Bonchev–Trinajstić information content (AvgIpc) is 2.65. The van der Waals surface area contributed by atoms with E-state index in [1.165, 1.54) is 30.5 Å². The molecule has 0 unspecified atom stereocenters. The number of fused-ring (bicyclic) bond motifs is 1. The van der Waals surface area contributed by atoms with E-state index < -0.39 is 23.2 Å². The molecule has 2 aromatic heterocycles. The van der Waals surface area contributed by atoms with E-state index in [0.717, 1.165) is 10.5 Å². The second kappa shape index (κ2) is 7.93. The van der Waals surface area contributed by atoms with Crippen LogP contribution in [0.5, 0.6) is 0 Å². The molecule has 0 saturated carbocycles. The lowest BCUT2D eigenvalue weighted by Gasteiger charge is -2.14. The summed E-state index contributed by atoms with van der Waals surface area (Å²) in [5.74, 6) is -2.23. The fourth-order valence-electron chi connectivity index (χ4n) is 2.42. The molecule has 6 nitrogen and oxygen atoms in total. The summed E-state index contributed by atoms with van der Waals surface area (Å²) >= 11 is 5.78. The van der Waals surface area contributed by atoms with Gasteiger partial charge in [-0.15, -0.1) is 0 Å². The predicted molar refractivity (Wildman–Crippen MR) is 101 cm³/mol. The molecule has 1 aromatic carbocycles. The number of pyridine rings is 1. The maximum Gasteiger partial charge on any atom is 0.308 e. The van der Waals surface area contributed by atoms with Crippen molar-refractivity contribution in [3.05, 3.63) is 69.1 Å². The molecular weight excluding hydrogens is 392 g/mol. The van der Waals surface area contributed by atoms with E-state index in [4.69, 9.17) is 16.3 Å². The maximum atomic E-state index is 14.1. The molecule has 3 rings (SSSR count). The van der Waals surface area contributed by atoms with Gasteiger partial charge in [0.05, 0.1) is 16.5 Å². The quantitative estimate of drug-likeness (QED) is 0.645. The van der Waals surface area contributed by atoms with Crippen LogP contribution in [0.4, 0.5) is 20.3 Å². The molecule has 9 heteroatoms. The van der Waals surface area contributed by atoms with E-state index in [9.17, 15) is 18.4 Å². The summed E-state index contributed by atoms with van der Waals surface area (Å²) in [6.07, 6.45) is 1.36. The van der Waals surface area contributed by atoms with Gasteiger partial charge in [0.2, 0.25) is 0 Å². The number of hydrogen-bond acceptors (Lipinski definition) is 5. The summed E-state index contributed by atoms with van der Waals surface area (Å²) < 4.78 is 33.7. The molecule has 146 valence electrons. The molecule has 1 N–H and O–H groups in total. The van der Waals surface area contributed by atoms with Crippen LogP contribution < -0.4 is 10.9 Å². The van der Waals surface area contributed by atoms with Crippen molar-refractivity contribution in [1.29, 1.82) is 0 Å². The van der Waals surface area contributed by atoms with E-state index in [0.29, 0.717) is 5.69 Å². The largest absolute Gasteiger partial charge is 0.460 e. The molecule has 0 atom stereocenters. The Balaban J connectivity index is 2.10. The number of carbonyl (C=O) groups excluding carboxylic acids is 1. The van der Waals surface area contributed by atoms with E-state index in [1.54, 1.807) is 13.8 Å². The van der Waals surface area contributed by atoms with E-state index in [2.05, 4.69) is 10.3 Å². The molecule has 0 radical (unpaired) electrons. The van der Waals surface area contributed by atoms with Crippen LogP contribution in [-0.4, -0.2) is 15.4 Å². The highest BCUT2D eigenvalue weighted by atomic mass is 35.5. The van der Waals surface area contributed by atoms with Gasteiger partial charge in [-0.25, -0.2) is 13.8 Å². The Morgan fingerprint density at radius 3 is 2.71 bits per heavy atom. The van der Waals surface area contributed by atoms with Gasteiger partial charge in [-0.05, 0) is 30.3 Å². The number of benzene rings is 1. The van der Waals surface area contributed by atoms with Gasteiger partial charge in [-0.1, -0.05) is 25.4 Å². The summed E-state index contributed by atoms with van der Waals surface area (Å²) in [6, 6.07) is 6.35. The van der Waals surface area contributed by atoms with Crippen LogP contribution in [-0.2, 0) is 16.1 Å². The highest BCUT2D eigenvalue weighted by molar-refractivity contribution is 6.31. The van der Waals surface area contributed by atoms with Gasteiger partial charge >= 0.3 is 5.97 Å². The molecule has 0 spiro atoms. The van der Waals surface area contributed by atoms with Crippen LogP contribution in [0.2, 0.25) is 5.02 Å². The average molecular weight is 408 g/mol. The van der Waals surface area contributed by atoms with Crippen molar-refractivity contribution in [3.8, 4) is 0 Å². The number of halogens is 3. The van der Waals surface area contributed by atoms with Crippen LogP contribution in [0.3, 0.4) is 0 Å². The number of hydrogen-bond donors (Lipinski definition) is 1. The normalized spacial score (nSPS) is 11.1. The number of aromatic nitrogens is 2. The first-order valence-electron chi connectivity index (χ1n) is 8.36. The number of ether oxygens (including phenoxy) is 1. The summed E-state index contributed by atoms with van der Waals surface area (Å²) in [5, 5.41) is 2.68. The Morgan fingerprint density at radius 1 is 1.29 bits per heavy atom. The molecule has 0 aliphatic heterocycles. The molecule has 0 bridgehead atoms. The molecule has 0 amide bonds. The highest BCUT2D eigenvalue weighted by Crippen LogP contribution is 2.24. The van der Waals surface area contributed by atoms with Crippen molar-refractivity contribution < 1.29 is 18.3 Å². The number of anilines is 2.